The van der Waals surface area contributed by atoms with Gasteiger partial charge in [0.1, 0.15) is 5.76 Å². The highest BCUT2D eigenvalue weighted by molar-refractivity contribution is 7.22. The molecule has 1 aliphatic rings. The Hall–Kier alpha value is -3.19. The number of rotatable bonds is 3. The highest BCUT2D eigenvalue weighted by Gasteiger charge is 2.48. The number of aromatic nitrogens is 1. The van der Waals surface area contributed by atoms with E-state index in [-0.39, 0.29) is 11.3 Å². The molecule has 1 fully saturated rings. The van der Waals surface area contributed by atoms with Crippen molar-refractivity contribution in [1.82, 2.24) is 4.98 Å². The van der Waals surface area contributed by atoms with Crippen molar-refractivity contribution in [1.29, 1.82) is 0 Å². The van der Waals surface area contributed by atoms with Crippen molar-refractivity contribution in [3.63, 3.8) is 0 Å². The summed E-state index contributed by atoms with van der Waals surface area (Å²) in [7, 11) is 0. The van der Waals surface area contributed by atoms with E-state index in [0.717, 1.165) is 10.3 Å². The lowest BCUT2D eigenvalue weighted by Crippen LogP contribution is -2.29. The second-order valence-electron chi connectivity index (χ2n) is 7.70. The molecule has 5 nitrogen and oxygen atoms in total. The smallest absolute Gasteiger partial charge is 0.301 e. The van der Waals surface area contributed by atoms with Crippen LogP contribution in [0.25, 0.3) is 16.0 Å². The maximum absolute atomic E-state index is 13.2. The van der Waals surface area contributed by atoms with Gasteiger partial charge in [0.2, 0.25) is 0 Å². The van der Waals surface area contributed by atoms with Crippen LogP contribution in [0.1, 0.15) is 22.7 Å². The Kier molecular flexibility index (Phi) is 5.44. The summed E-state index contributed by atoms with van der Waals surface area (Å²) >= 11 is 13.4. The van der Waals surface area contributed by atoms with Crippen LogP contribution in [0.5, 0.6) is 0 Å². The molecule has 0 radical (unpaired) electrons. The monoisotopic (exact) mass is 494 g/mol. The van der Waals surface area contributed by atoms with Crippen LogP contribution in [0.4, 0.5) is 5.13 Å². The van der Waals surface area contributed by atoms with Crippen molar-refractivity contribution in [2.24, 2.45) is 0 Å². The Balaban J connectivity index is 1.73. The molecule has 0 bridgehead atoms. The number of aliphatic hydroxyl groups is 1. The van der Waals surface area contributed by atoms with E-state index in [2.05, 4.69) is 4.98 Å². The molecule has 1 aromatic heterocycles. The molecular formula is C25H16Cl2N2O3S. The number of aryl methyl sites for hydroxylation is 1. The lowest BCUT2D eigenvalue weighted by atomic mass is 9.95. The number of benzene rings is 3. The van der Waals surface area contributed by atoms with Crippen LogP contribution < -0.4 is 4.90 Å². The summed E-state index contributed by atoms with van der Waals surface area (Å²) in [6, 6.07) is 18.3. The summed E-state index contributed by atoms with van der Waals surface area (Å²) in [6.45, 7) is 1.93. The van der Waals surface area contributed by atoms with Gasteiger partial charge in [-0.25, -0.2) is 4.98 Å². The molecule has 1 amide bonds. The summed E-state index contributed by atoms with van der Waals surface area (Å²) in [5, 5.41) is 12.6. The highest BCUT2D eigenvalue weighted by atomic mass is 35.5. The Morgan fingerprint density at radius 2 is 1.64 bits per heavy atom. The molecule has 1 saturated heterocycles. The Bertz CT molecular complexity index is 1440. The number of carbonyl (C=O) groups is 2. The number of halogens is 2. The molecule has 0 spiro atoms. The van der Waals surface area contributed by atoms with E-state index in [9.17, 15) is 14.7 Å². The molecule has 5 rings (SSSR count). The van der Waals surface area contributed by atoms with Crippen molar-refractivity contribution < 1.29 is 14.7 Å². The molecule has 8 heteroatoms. The third kappa shape index (κ3) is 3.80. The van der Waals surface area contributed by atoms with Crippen LogP contribution >= 0.6 is 34.5 Å². The van der Waals surface area contributed by atoms with Gasteiger partial charge in [0.15, 0.2) is 5.13 Å². The molecule has 164 valence electrons. The fourth-order valence-electron chi connectivity index (χ4n) is 3.85. The number of nitrogens with zero attached hydrogens (tertiary/aromatic N) is 2. The number of carbonyl (C=O) groups excluding carboxylic acids is 2. The lowest BCUT2D eigenvalue weighted by Gasteiger charge is -2.23. The van der Waals surface area contributed by atoms with E-state index in [0.29, 0.717) is 31.8 Å². The van der Waals surface area contributed by atoms with Gasteiger partial charge in [-0.3, -0.25) is 14.5 Å². The van der Waals surface area contributed by atoms with Crippen LogP contribution in [-0.4, -0.2) is 21.8 Å². The maximum atomic E-state index is 13.2. The molecule has 0 saturated carbocycles. The first-order valence-corrected chi connectivity index (χ1v) is 11.6. The lowest BCUT2D eigenvalue weighted by molar-refractivity contribution is -0.132. The minimum Gasteiger partial charge on any atom is -0.507 e. The molecule has 2 heterocycles. The number of fused-ring (bicyclic) bond motifs is 1. The van der Waals surface area contributed by atoms with Crippen LogP contribution in [-0.2, 0) is 9.59 Å². The summed E-state index contributed by atoms with van der Waals surface area (Å²) in [4.78, 5) is 32.4. The number of aliphatic hydroxyl groups excluding tert-OH is 1. The second kappa shape index (κ2) is 8.30. The summed E-state index contributed by atoms with van der Waals surface area (Å²) in [5.41, 5.74) is 2.76. The Morgan fingerprint density at radius 1 is 0.970 bits per heavy atom. The molecule has 33 heavy (non-hydrogen) atoms. The molecule has 0 aliphatic carbocycles. The van der Waals surface area contributed by atoms with E-state index in [1.807, 2.05) is 19.1 Å². The predicted molar refractivity (Wildman–Crippen MR) is 132 cm³/mol. The van der Waals surface area contributed by atoms with Crippen molar-refractivity contribution in [2.75, 3.05) is 4.90 Å². The average molecular weight is 495 g/mol. The van der Waals surface area contributed by atoms with Gasteiger partial charge in [-0.2, -0.15) is 0 Å². The maximum Gasteiger partial charge on any atom is 0.301 e. The predicted octanol–water partition coefficient (Wildman–Crippen LogP) is 6.54. The number of anilines is 1. The Labute approximate surface area is 203 Å². The summed E-state index contributed by atoms with van der Waals surface area (Å²) < 4.78 is 0.785. The van der Waals surface area contributed by atoms with Gasteiger partial charge in [0.05, 0.1) is 21.8 Å². The third-order valence-electron chi connectivity index (χ3n) is 5.50. The molecule has 1 aliphatic heterocycles. The standard InChI is InChI=1S/C25H16Cl2N2O3S/c1-13-2-4-15(5-3-13)22(30)20-21(14-6-8-16(26)9-7-14)29(24(32)23(20)31)25-28-18-11-10-17(27)12-19(18)33-25/h2-12,21,30H,1H3. The van der Waals surface area contributed by atoms with Crippen molar-refractivity contribution in [3.05, 3.63) is 99.0 Å². The van der Waals surface area contributed by atoms with Crippen LogP contribution in [0, 0.1) is 6.92 Å². The van der Waals surface area contributed by atoms with Gasteiger partial charge in [0.25, 0.3) is 5.78 Å². The van der Waals surface area contributed by atoms with Gasteiger partial charge in [-0.1, -0.05) is 76.5 Å². The van der Waals surface area contributed by atoms with E-state index >= 15 is 0 Å². The zero-order valence-corrected chi connectivity index (χ0v) is 19.6. The molecule has 3 aromatic carbocycles. The van der Waals surface area contributed by atoms with Gasteiger partial charge in [-0.05, 0) is 42.8 Å². The zero-order chi connectivity index (χ0) is 23.3. The number of hydrogen-bond donors (Lipinski definition) is 1. The number of ketones is 1. The Morgan fingerprint density at radius 3 is 2.33 bits per heavy atom. The summed E-state index contributed by atoms with van der Waals surface area (Å²) in [5.74, 6) is -1.76. The van der Waals surface area contributed by atoms with Crippen molar-refractivity contribution in [2.45, 2.75) is 13.0 Å². The first-order chi connectivity index (χ1) is 15.8. The van der Waals surface area contributed by atoms with Gasteiger partial charge in [0, 0.05) is 15.6 Å². The minimum atomic E-state index is -0.861. The third-order valence-corrected chi connectivity index (χ3v) is 7.00. The van der Waals surface area contributed by atoms with E-state index in [4.69, 9.17) is 23.2 Å². The first kappa shape index (κ1) is 21.6. The molecule has 1 unspecified atom stereocenters. The largest absolute Gasteiger partial charge is 0.507 e. The minimum absolute atomic E-state index is 0.00321. The van der Waals surface area contributed by atoms with E-state index in [1.165, 1.54) is 16.2 Å². The number of hydrogen-bond acceptors (Lipinski definition) is 5. The van der Waals surface area contributed by atoms with E-state index in [1.54, 1.807) is 54.6 Å². The first-order valence-electron chi connectivity index (χ1n) is 10.0. The van der Waals surface area contributed by atoms with Gasteiger partial charge < -0.3 is 5.11 Å². The molecular weight excluding hydrogens is 479 g/mol. The number of thiazole rings is 1. The molecule has 4 aromatic rings. The van der Waals surface area contributed by atoms with Crippen molar-refractivity contribution in [3.8, 4) is 0 Å². The quantitative estimate of drug-likeness (QED) is 0.199. The second-order valence-corrected chi connectivity index (χ2v) is 9.58. The SMILES string of the molecule is Cc1ccc(C(O)=C2C(=O)C(=O)N(c3nc4ccc(Cl)cc4s3)C2c2ccc(Cl)cc2)cc1. The van der Waals surface area contributed by atoms with Crippen LogP contribution in [0.2, 0.25) is 10.0 Å². The van der Waals surface area contributed by atoms with Crippen LogP contribution in [0.15, 0.2) is 72.3 Å². The fourth-order valence-corrected chi connectivity index (χ4v) is 5.24. The topological polar surface area (TPSA) is 70.5 Å². The zero-order valence-electron chi connectivity index (χ0n) is 17.3. The highest BCUT2D eigenvalue weighted by Crippen LogP contribution is 2.44. The van der Waals surface area contributed by atoms with Crippen LogP contribution in [0.3, 0.4) is 0 Å². The average Bonchev–Trinajstić information content (AvgIpc) is 3.32. The molecule has 1 atom stereocenters. The van der Waals surface area contributed by atoms with Crippen molar-refractivity contribution >= 4 is 67.3 Å². The van der Waals surface area contributed by atoms with Gasteiger partial charge >= 0.3 is 5.91 Å². The molecule has 1 N–H and O–H groups in total. The normalized spacial score (nSPS) is 17.8. The number of amides is 1. The summed E-state index contributed by atoms with van der Waals surface area (Å²) in [6.07, 6.45) is 0. The van der Waals surface area contributed by atoms with Gasteiger partial charge in [-0.15, -0.1) is 0 Å². The van der Waals surface area contributed by atoms with E-state index < -0.39 is 17.7 Å². The number of Topliss-reactive ketones (excluding diaryl/α,β-unsaturated/α-hetero) is 1. The fraction of sp³-hybridized carbons (Fsp3) is 0.0800.